The number of carbonyl (C=O) groups excluding carboxylic acids is 3. The third-order valence-corrected chi connectivity index (χ3v) is 8.86. The number of hydrogen-bond acceptors (Lipinski definition) is 6. The second kappa shape index (κ2) is 36.2. The monoisotopic (exact) mass is 653 g/mol. The fourth-order valence-corrected chi connectivity index (χ4v) is 5.79. The minimum Gasteiger partial charge on any atom is -0.462 e. The molecule has 0 radical (unpaired) electrons. The fraction of sp³-hybridized carbons (Fsp3) is 0.925. The lowest BCUT2D eigenvalue weighted by molar-refractivity contribution is -0.167. The van der Waals surface area contributed by atoms with Gasteiger partial charge in [0.15, 0.2) is 6.10 Å². The van der Waals surface area contributed by atoms with Crippen LogP contribution in [0.1, 0.15) is 220 Å². The van der Waals surface area contributed by atoms with Crippen molar-refractivity contribution in [2.24, 2.45) is 0 Å². The number of esters is 3. The van der Waals surface area contributed by atoms with Gasteiger partial charge in [-0.15, -0.1) is 0 Å². The van der Waals surface area contributed by atoms with E-state index in [4.69, 9.17) is 14.2 Å². The van der Waals surface area contributed by atoms with Crippen molar-refractivity contribution in [2.45, 2.75) is 226 Å². The van der Waals surface area contributed by atoms with Gasteiger partial charge < -0.3 is 14.2 Å². The maximum atomic E-state index is 12.6. The van der Waals surface area contributed by atoms with E-state index in [2.05, 4.69) is 20.8 Å². The standard InChI is InChI=1S/C40H76O6/c1-4-7-10-13-15-17-18-19-20-21-23-25-28-31-34-40(43)46-37(35-44-38(41)32-29-26-12-9-6-3)36-45-39(42)33-30-27-24-22-16-14-11-8-5-2/h37H,4-36H2,1-3H3/t37-/m1/s1. The molecule has 0 fully saturated rings. The normalized spacial score (nSPS) is 11.8. The van der Waals surface area contributed by atoms with E-state index in [0.717, 1.165) is 64.2 Å². The van der Waals surface area contributed by atoms with Gasteiger partial charge in [-0.1, -0.05) is 181 Å². The molecule has 0 rings (SSSR count). The highest BCUT2D eigenvalue weighted by molar-refractivity contribution is 5.71. The van der Waals surface area contributed by atoms with E-state index < -0.39 is 6.10 Å². The van der Waals surface area contributed by atoms with Crippen molar-refractivity contribution < 1.29 is 28.6 Å². The van der Waals surface area contributed by atoms with E-state index >= 15 is 0 Å². The molecule has 0 spiro atoms. The molecule has 0 aromatic rings. The first-order valence-electron chi connectivity index (χ1n) is 20.0. The molecule has 0 saturated heterocycles. The third kappa shape index (κ3) is 33.8. The zero-order valence-electron chi connectivity index (χ0n) is 30.9. The Morgan fingerprint density at radius 3 is 0.870 bits per heavy atom. The van der Waals surface area contributed by atoms with Crippen molar-refractivity contribution in [3.05, 3.63) is 0 Å². The smallest absolute Gasteiger partial charge is 0.306 e. The molecular weight excluding hydrogens is 576 g/mol. The summed E-state index contributed by atoms with van der Waals surface area (Å²) in [5, 5.41) is 0. The van der Waals surface area contributed by atoms with Crippen molar-refractivity contribution in [1.29, 1.82) is 0 Å². The molecule has 0 aromatic carbocycles. The summed E-state index contributed by atoms with van der Waals surface area (Å²) >= 11 is 0. The summed E-state index contributed by atoms with van der Waals surface area (Å²) in [6.45, 7) is 6.53. The number of ether oxygens (including phenoxy) is 3. The van der Waals surface area contributed by atoms with Gasteiger partial charge in [-0.25, -0.2) is 0 Å². The van der Waals surface area contributed by atoms with Gasteiger partial charge in [-0.05, 0) is 19.3 Å². The highest BCUT2D eigenvalue weighted by Crippen LogP contribution is 2.15. The van der Waals surface area contributed by atoms with Gasteiger partial charge in [0.1, 0.15) is 13.2 Å². The summed E-state index contributed by atoms with van der Waals surface area (Å²) in [7, 11) is 0. The van der Waals surface area contributed by atoms with Gasteiger partial charge in [0, 0.05) is 19.3 Å². The molecule has 0 unspecified atom stereocenters. The molecule has 0 aliphatic rings. The van der Waals surface area contributed by atoms with Gasteiger partial charge in [0.25, 0.3) is 0 Å². The summed E-state index contributed by atoms with van der Waals surface area (Å²) in [5.74, 6) is -0.877. The minimum absolute atomic E-state index is 0.0650. The Labute approximate surface area is 285 Å². The summed E-state index contributed by atoms with van der Waals surface area (Å²) in [6.07, 6.45) is 34.0. The second-order valence-electron chi connectivity index (χ2n) is 13.6. The highest BCUT2D eigenvalue weighted by Gasteiger charge is 2.19. The van der Waals surface area contributed by atoms with Gasteiger partial charge in [-0.3, -0.25) is 14.4 Å². The van der Waals surface area contributed by atoms with E-state index in [9.17, 15) is 14.4 Å². The molecule has 46 heavy (non-hydrogen) atoms. The van der Waals surface area contributed by atoms with Crippen LogP contribution in [-0.4, -0.2) is 37.2 Å². The van der Waals surface area contributed by atoms with Crippen molar-refractivity contribution in [3.63, 3.8) is 0 Å². The zero-order chi connectivity index (χ0) is 33.8. The number of unbranched alkanes of at least 4 members (excludes halogenated alkanes) is 25. The van der Waals surface area contributed by atoms with E-state index in [1.807, 2.05) is 0 Å². The van der Waals surface area contributed by atoms with Crippen LogP contribution in [0.3, 0.4) is 0 Å². The Morgan fingerprint density at radius 2 is 0.587 bits per heavy atom. The van der Waals surface area contributed by atoms with Crippen LogP contribution < -0.4 is 0 Å². The Bertz CT molecular complexity index is 679. The average Bonchev–Trinajstić information content (AvgIpc) is 3.05. The molecule has 0 N–H and O–H groups in total. The molecule has 0 heterocycles. The van der Waals surface area contributed by atoms with Crippen LogP contribution in [0.2, 0.25) is 0 Å². The largest absolute Gasteiger partial charge is 0.462 e. The molecule has 272 valence electrons. The Hall–Kier alpha value is -1.59. The molecule has 0 aliphatic heterocycles. The van der Waals surface area contributed by atoms with E-state index in [0.29, 0.717) is 19.3 Å². The third-order valence-electron chi connectivity index (χ3n) is 8.86. The van der Waals surface area contributed by atoms with Crippen molar-refractivity contribution in [1.82, 2.24) is 0 Å². The molecule has 0 aromatic heterocycles. The fourth-order valence-electron chi connectivity index (χ4n) is 5.79. The van der Waals surface area contributed by atoms with Gasteiger partial charge in [-0.2, -0.15) is 0 Å². The van der Waals surface area contributed by atoms with Crippen LogP contribution in [0.5, 0.6) is 0 Å². The van der Waals surface area contributed by atoms with Crippen molar-refractivity contribution >= 4 is 17.9 Å². The topological polar surface area (TPSA) is 78.9 Å². The number of carbonyl (C=O) groups is 3. The zero-order valence-corrected chi connectivity index (χ0v) is 30.9. The highest BCUT2D eigenvalue weighted by atomic mass is 16.6. The second-order valence-corrected chi connectivity index (χ2v) is 13.6. The lowest BCUT2D eigenvalue weighted by atomic mass is 10.0. The molecule has 0 amide bonds. The van der Waals surface area contributed by atoms with Gasteiger partial charge in [0.2, 0.25) is 0 Å². The first-order chi connectivity index (χ1) is 22.5. The number of hydrogen-bond donors (Lipinski definition) is 0. The summed E-state index contributed by atoms with van der Waals surface area (Å²) in [6, 6.07) is 0. The first-order valence-corrected chi connectivity index (χ1v) is 20.0. The molecule has 0 bridgehead atoms. The lowest BCUT2D eigenvalue weighted by Crippen LogP contribution is -2.30. The van der Waals surface area contributed by atoms with E-state index in [1.54, 1.807) is 0 Å². The van der Waals surface area contributed by atoms with Gasteiger partial charge in [0.05, 0.1) is 0 Å². The summed E-state index contributed by atoms with van der Waals surface area (Å²) in [5.41, 5.74) is 0. The minimum atomic E-state index is -0.754. The predicted octanol–water partition coefficient (Wildman–Crippen LogP) is 12.1. The molecule has 1 atom stereocenters. The quantitative estimate of drug-likeness (QED) is 0.0381. The van der Waals surface area contributed by atoms with Crippen LogP contribution in [0.15, 0.2) is 0 Å². The van der Waals surface area contributed by atoms with E-state index in [-0.39, 0.29) is 31.1 Å². The molecule has 6 nitrogen and oxygen atoms in total. The summed E-state index contributed by atoms with van der Waals surface area (Å²) < 4.78 is 16.5. The maximum Gasteiger partial charge on any atom is 0.306 e. The van der Waals surface area contributed by atoms with Crippen LogP contribution in [0, 0.1) is 0 Å². The van der Waals surface area contributed by atoms with Crippen LogP contribution in [0.4, 0.5) is 0 Å². The predicted molar refractivity (Wildman–Crippen MR) is 192 cm³/mol. The van der Waals surface area contributed by atoms with Crippen LogP contribution >= 0.6 is 0 Å². The molecule has 6 heteroatoms. The molecule has 0 saturated carbocycles. The Balaban J connectivity index is 4.23. The Kier molecular flexibility index (Phi) is 35.0. The molecular formula is C40H76O6. The average molecular weight is 653 g/mol. The first kappa shape index (κ1) is 44.4. The molecule has 0 aliphatic carbocycles. The number of rotatable bonds is 36. The van der Waals surface area contributed by atoms with Crippen molar-refractivity contribution in [2.75, 3.05) is 13.2 Å². The van der Waals surface area contributed by atoms with Crippen LogP contribution in [0.25, 0.3) is 0 Å². The van der Waals surface area contributed by atoms with Crippen molar-refractivity contribution in [3.8, 4) is 0 Å². The van der Waals surface area contributed by atoms with Crippen LogP contribution in [-0.2, 0) is 28.6 Å². The lowest BCUT2D eigenvalue weighted by Gasteiger charge is -2.18. The Morgan fingerprint density at radius 1 is 0.348 bits per heavy atom. The van der Waals surface area contributed by atoms with Gasteiger partial charge >= 0.3 is 17.9 Å². The SMILES string of the molecule is CCCCCCCCCCCCCCCCC(=O)O[C@H](COC(=O)CCCCCCC)COC(=O)CCCCCCCCCCC. The van der Waals surface area contributed by atoms with E-state index in [1.165, 1.54) is 116 Å². The summed E-state index contributed by atoms with van der Waals surface area (Å²) in [4.78, 5) is 37.2. The maximum absolute atomic E-state index is 12.6.